The Morgan fingerprint density at radius 3 is 2.75 bits per heavy atom. The first-order chi connectivity index (χ1) is 9.63. The average Bonchev–Trinajstić information content (AvgIpc) is 2.82. The molecular formula is C14H17F2N3O. The predicted octanol–water partition coefficient (Wildman–Crippen LogP) is 2.90. The van der Waals surface area contributed by atoms with Crippen molar-refractivity contribution in [3.8, 4) is 5.75 Å². The Morgan fingerprint density at radius 2 is 2.05 bits per heavy atom. The number of nitrogens with zero attached hydrogens (tertiary/aromatic N) is 3. The van der Waals surface area contributed by atoms with Gasteiger partial charge in [0.05, 0.1) is 17.8 Å². The van der Waals surface area contributed by atoms with E-state index in [9.17, 15) is 8.78 Å². The van der Waals surface area contributed by atoms with Crippen LogP contribution in [0.3, 0.4) is 0 Å². The SMILES string of the molecule is CN1CCC(n2ncc3cc(OC(F)F)ccc32)CC1. The molecule has 0 radical (unpaired) electrons. The zero-order chi connectivity index (χ0) is 14.1. The molecule has 1 aliphatic heterocycles. The van der Waals surface area contributed by atoms with Crippen LogP contribution in [0.4, 0.5) is 8.78 Å². The minimum atomic E-state index is -2.80. The maximum Gasteiger partial charge on any atom is 0.387 e. The molecule has 6 heteroatoms. The number of alkyl halides is 2. The van der Waals surface area contributed by atoms with Crippen LogP contribution in [0.15, 0.2) is 24.4 Å². The van der Waals surface area contributed by atoms with E-state index >= 15 is 0 Å². The fraction of sp³-hybridized carbons (Fsp3) is 0.500. The predicted molar refractivity (Wildman–Crippen MR) is 72.1 cm³/mol. The average molecular weight is 281 g/mol. The summed E-state index contributed by atoms with van der Waals surface area (Å²) in [6, 6.07) is 5.37. The highest BCUT2D eigenvalue weighted by Gasteiger charge is 2.20. The fourth-order valence-electron chi connectivity index (χ4n) is 2.74. The van der Waals surface area contributed by atoms with Crippen LogP contribution in [0, 0.1) is 0 Å². The lowest BCUT2D eigenvalue weighted by Crippen LogP contribution is -2.31. The lowest BCUT2D eigenvalue weighted by atomic mass is 10.1. The van der Waals surface area contributed by atoms with Crippen LogP contribution in [-0.2, 0) is 0 Å². The first-order valence-electron chi connectivity index (χ1n) is 6.74. The van der Waals surface area contributed by atoms with Crippen molar-refractivity contribution in [3.05, 3.63) is 24.4 Å². The van der Waals surface area contributed by atoms with Gasteiger partial charge in [0, 0.05) is 5.39 Å². The molecule has 4 nitrogen and oxygen atoms in total. The number of fused-ring (bicyclic) bond motifs is 1. The molecule has 108 valence electrons. The summed E-state index contributed by atoms with van der Waals surface area (Å²) in [4.78, 5) is 2.30. The largest absolute Gasteiger partial charge is 0.435 e. The third kappa shape index (κ3) is 2.60. The van der Waals surface area contributed by atoms with Crippen molar-refractivity contribution in [3.63, 3.8) is 0 Å². The van der Waals surface area contributed by atoms with Crippen LogP contribution >= 0.6 is 0 Å². The molecule has 2 aromatic rings. The number of hydrogen-bond acceptors (Lipinski definition) is 3. The molecule has 1 saturated heterocycles. The van der Waals surface area contributed by atoms with Crippen molar-refractivity contribution >= 4 is 10.9 Å². The molecule has 1 aromatic heterocycles. The van der Waals surface area contributed by atoms with E-state index in [-0.39, 0.29) is 5.75 Å². The topological polar surface area (TPSA) is 30.3 Å². The molecule has 2 heterocycles. The molecule has 1 aliphatic rings. The van der Waals surface area contributed by atoms with Gasteiger partial charge in [-0.1, -0.05) is 0 Å². The van der Waals surface area contributed by atoms with Gasteiger partial charge < -0.3 is 9.64 Å². The molecule has 0 aliphatic carbocycles. The van der Waals surface area contributed by atoms with E-state index < -0.39 is 6.61 Å². The molecule has 0 bridgehead atoms. The number of likely N-dealkylation sites (tertiary alicyclic amines) is 1. The summed E-state index contributed by atoms with van der Waals surface area (Å²) in [7, 11) is 2.12. The second-order valence-electron chi connectivity index (χ2n) is 5.22. The minimum absolute atomic E-state index is 0.176. The molecular weight excluding hydrogens is 264 g/mol. The van der Waals surface area contributed by atoms with Crippen LogP contribution in [0.5, 0.6) is 5.75 Å². The Labute approximate surface area is 115 Å². The summed E-state index contributed by atoms with van der Waals surface area (Å²) in [5.74, 6) is 0.176. The molecule has 0 amide bonds. The van der Waals surface area contributed by atoms with Gasteiger partial charge in [-0.15, -0.1) is 0 Å². The molecule has 0 unspecified atom stereocenters. The molecule has 0 spiro atoms. The molecule has 0 saturated carbocycles. The highest BCUT2D eigenvalue weighted by Crippen LogP contribution is 2.28. The standard InChI is InChI=1S/C14H17F2N3O/c1-18-6-4-11(5-7-18)19-13-3-2-12(20-14(15)16)8-10(13)9-17-19/h2-3,8-9,11,14H,4-7H2,1H3. The number of aromatic nitrogens is 2. The Balaban J connectivity index is 1.86. The van der Waals surface area contributed by atoms with Gasteiger partial charge in [-0.3, -0.25) is 4.68 Å². The van der Waals surface area contributed by atoms with Crippen molar-refractivity contribution < 1.29 is 13.5 Å². The minimum Gasteiger partial charge on any atom is -0.435 e. The number of benzene rings is 1. The monoisotopic (exact) mass is 281 g/mol. The van der Waals surface area contributed by atoms with Crippen LogP contribution < -0.4 is 4.74 Å². The second kappa shape index (κ2) is 5.36. The van der Waals surface area contributed by atoms with Crippen LogP contribution in [0.25, 0.3) is 10.9 Å². The highest BCUT2D eigenvalue weighted by atomic mass is 19.3. The summed E-state index contributed by atoms with van der Waals surface area (Å²) in [5, 5.41) is 5.25. The van der Waals surface area contributed by atoms with E-state index in [0.29, 0.717) is 6.04 Å². The van der Waals surface area contributed by atoms with Crippen LogP contribution in [0.2, 0.25) is 0 Å². The Hall–Kier alpha value is -1.69. The lowest BCUT2D eigenvalue weighted by Gasteiger charge is -2.29. The molecule has 3 rings (SSSR count). The first-order valence-corrected chi connectivity index (χ1v) is 6.74. The van der Waals surface area contributed by atoms with Gasteiger partial charge in [-0.2, -0.15) is 13.9 Å². The summed E-state index contributed by atoms with van der Waals surface area (Å²) < 4.78 is 30.8. The van der Waals surface area contributed by atoms with Gasteiger partial charge >= 0.3 is 6.61 Å². The zero-order valence-electron chi connectivity index (χ0n) is 11.3. The smallest absolute Gasteiger partial charge is 0.387 e. The molecule has 0 N–H and O–H groups in total. The van der Waals surface area contributed by atoms with Crippen molar-refractivity contribution in [2.24, 2.45) is 0 Å². The van der Waals surface area contributed by atoms with E-state index in [4.69, 9.17) is 0 Å². The van der Waals surface area contributed by atoms with E-state index in [1.54, 1.807) is 24.4 Å². The Bertz CT molecular complexity index is 591. The van der Waals surface area contributed by atoms with Gasteiger partial charge in [-0.25, -0.2) is 0 Å². The van der Waals surface area contributed by atoms with Crippen molar-refractivity contribution in [1.82, 2.24) is 14.7 Å². The summed E-state index contributed by atoms with van der Waals surface area (Å²) in [6.07, 6.45) is 3.83. The number of rotatable bonds is 3. The Kier molecular flexibility index (Phi) is 3.56. The van der Waals surface area contributed by atoms with Gasteiger partial charge in [0.15, 0.2) is 0 Å². The molecule has 1 aromatic carbocycles. The summed E-state index contributed by atoms with van der Waals surface area (Å²) in [6.45, 7) is -0.687. The highest BCUT2D eigenvalue weighted by molar-refractivity contribution is 5.80. The van der Waals surface area contributed by atoms with Gasteiger partial charge in [0.2, 0.25) is 0 Å². The zero-order valence-corrected chi connectivity index (χ0v) is 11.3. The molecule has 20 heavy (non-hydrogen) atoms. The van der Waals surface area contributed by atoms with E-state index in [1.165, 1.54) is 0 Å². The number of piperidine rings is 1. The lowest BCUT2D eigenvalue weighted by molar-refractivity contribution is -0.0497. The molecule has 1 fully saturated rings. The van der Waals surface area contributed by atoms with Crippen molar-refractivity contribution in [2.75, 3.05) is 20.1 Å². The van der Waals surface area contributed by atoms with Gasteiger partial charge in [-0.05, 0) is 51.2 Å². The van der Waals surface area contributed by atoms with Crippen molar-refractivity contribution in [2.45, 2.75) is 25.5 Å². The van der Waals surface area contributed by atoms with Crippen LogP contribution in [-0.4, -0.2) is 41.4 Å². The quantitative estimate of drug-likeness (QED) is 0.866. The van der Waals surface area contributed by atoms with Crippen LogP contribution in [0.1, 0.15) is 18.9 Å². The number of halogens is 2. The Morgan fingerprint density at radius 1 is 1.30 bits per heavy atom. The third-order valence-electron chi connectivity index (χ3n) is 3.83. The van der Waals surface area contributed by atoms with E-state index in [1.807, 2.05) is 4.68 Å². The number of ether oxygens (including phenoxy) is 1. The fourth-order valence-corrected chi connectivity index (χ4v) is 2.74. The normalized spacial score (nSPS) is 18.0. The van der Waals surface area contributed by atoms with Crippen molar-refractivity contribution in [1.29, 1.82) is 0 Å². The maximum absolute atomic E-state index is 12.2. The first kappa shape index (κ1) is 13.3. The maximum atomic E-state index is 12.2. The van der Waals surface area contributed by atoms with E-state index in [0.717, 1.165) is 36.8 Å². The van der Waals surface area contributed by atoms with E-state index in [2.05, 4.69) is 21.8 Å². The molecule has 0 atom stereocenters. The van der Waals surface area contributed by atoms with Gasteiger partial charge in [0.1, 0.15) is 5.75 Å². The third-order valence-corrected chi connectivity index (χ3v) is 3.83. The summed E-state index contributed by atoms with van der Waals surface area (Å²) >= 11 is 0. The van der Waals surface area contributed by atoms with Gasteiger partial charge in [0.25, 0.3) is 0 Å². The summed E-state index contributed by atoms with van der Waals surface area (Å²) in [5.41, 5.74) is 0.973. The number of hydrogen-bond donors (Lipinski definition) is 0. The second-order valence-corrected chi connectivity index (χ2v) is 5.22.